The molecule has 0 atom stereocenters. The molecule has 2 N–H and O–H groups in total. The zero-order valence-corrected chi connectivity index (χ0v) is 12.6. The molecule has 4 heteroatoms. The Hall–Kier alpha value is -2.36. The second kappa shape index (κ2) is 6.39. The quantitative estimate of drug-likeness (QED) is 0.881. The van der Waals surface area contributed by atoms with Crippen molar-refractivity contribution in [1.29, 1.82) is 0 Å². The van der Waals surface area contributed by atoms with Gasteiger partial charge >= 0.3 is 5.97 Å². The molecule has 0 spiro atoms. The van der Waals surface area contributed by atoms with Crippen molar-refractivity contribution in [1.82, 2.24) is 4.98 Å². The van der Waals surface area contributed by atoms with Crippen LogP contribution < -0.4 is 5.32 Å². The summed E-state index contributed by atoms with van der Waals surface area (Å²) in [5.74, 6) is -0.516. The molecule has 1 heterocycles. The molecule has 21 heavy (non-hydrogen) atoms. The summed E-state index contributed by atoms with van der Waals surface area (Å²) in [5, 5.41) is 12.5. The fraction of sp³-hybridized carbons (Fsp3) is 0.294. The highest BCUT2D eigenvalue weighted by molar-refractivity contribution is 5.94. The van der Waals surface area contributed by atoms with Crippen molar-refractivity contribution in [2.75, 3.05) is 5.32 Å². The van der Waals surface area contributed by atoms with Crippen LogP contribution in [0.5, 0.6) is 0 Å². The molecule has 0 amide bonds. The summed E-state index contributed by atoms with van der Waals surface area (Å²) in [5.41, 5.74) is 4.20. The Morgan fingerprint density at radius 1 is 1.24 bits per heavy atom. The van der Waals surface area contributed by atoms with Gasteiger partial charge in [-0.1, -0.05) is 31.2 Å². The third-order valence-corrected chi connectivity index (χ3v) is 3.50. The molecule has 110 valence electrons. The van der Waals surface area contributed by atoms with E-state index in [0.29, 0.717) is 12.4 Å². The number of rotatable bonds is 5. The van der Waals surface area contributed by atoms with Gasteiger partial charge in [0, 0.05) is 12.2 Å². The Bertz CT molecular complexity index is 666. The molecule has 0 fully saturated rings. The first-order valence-electron chi connectivity index (χ1n) is 7.05. The average Bonchev–Trinajstić information content (AvgIpc) is 2.44. The number of nitrogens with zero attached hydrogens (tertiary/aromatic N) is 1. The number of aryl methyl sites for hydroxylation is 3. The number of nitrogens with one attached hydrogen (secondary N) is 1. The van der Waals surface area contributed by atoms with Crippen LogP contribution in [0.2, 0.25) is 0 Å². The van der Waals surface area contributed by atoms with Crippen molar-refractivity contribution in [3.63, 3.8) is 0 Å². The van der Waals surface area contributed by atoms with Crippen LogP contribution in [0.4, 0.5) is 5.82 Å². The third kappa shape index (κ3) is 3.40. The molecule has 0 saturated heterocycles. The SMILES string of the molecule is CCc1ccccc1CNc1nc(C)cc(C)c1C(=O)O. The highest BCUT2D eigenvalue weighted by atomic mass is 16.4. The van der Waals surface area contributed by atoms with E-state index in [-0.39, 0.29) is 5.56 Å². The number of hydrogen-bond donors (Lipinski definition) is 2. The minimum atomic E-state index is -0.953. The van der Waals surface area contributed by atoms with E-state index < -0.39 is 5.97 Å². The number of hydrogen-bond acceptors (Lipinski definition) is 3. The minimum absolute atomic E-state index is 0.245. The van der Waals surface area contributed by atoms with Crippen LogP contribution in [0.15, 0.2) is 30.3 Å². The van der Waals surface area contributed by atoms with Crippen molar-refractivity contribution in [2.24, 2.45) is 0 Å². The maximum atomic E-state index is 11.4. The van der Waals surface area contributed by atoms with Crippen molar-refractivity contribution in [2.45, 2.75) is 33.7 Å². The number of carboxylic acid groups (broad SMARTS) is 1. The predicted octanol–water partition coefficient (Wildman–Crippen LogP) is 3.57. The van der Waals surface area contributed by atoms with E-state index >= 15 is 0 Å². The molecular formula is C17H20N2O2. The molecule has 0 saturated carbocycles. The third-order valence-electron chi connectivity index (χ3n) is 3.50. The monoisotopic (exact) mass is 284 g/mol. The van der Waals surface area contributed by atoms with Gasteiger partial charge in [-0.25, -0.2) is 9.78 Å². The van der Waals surface area contributed by atoms with Gasteiger partial charge in [0.05, 0.1) is 0 Å². The van der Waals surface area contributed by atoms with E-state index in [1.807, 2.05) is 19.1 Å². The van der Waals surface area contributed by atoms with E-state index in [4.69, 9.17) is 0 Å². The summed E-state index contributed by atoms with van der Waals surface area (Å²) in [7, 11) is 0. The first-order valence-corrected chi connectivity index (χ1v) is 7.05. The lowest BCUT2D eigenvalue weighted by Gasteiger charge is -2.13. The second-order valence-corrected chi connectivity index (χ2v) is 5.09. The van der Waals surface area contributed by atoms with Crippen molar-refractivity contribution < 1.29 is 9.90 Å². The first-order chi connectivity index (χ1) is 10.0. The van der Waals surface area contributed by atoms with Gasteiger partial charge in [-0.2, -0.15) is 0 Å². The van der Waals surface area contributed by atoms with Crippen molar-refractivity contribution in [3.05, 3.63) is 58.3 Å². The number of aromatic carboxylic acids is 1. The van der Waals surface area contributed by atoms with Gasteiger partial charge in [0.25, 0.3) is 0 Å². The summed E-state index contributed by atoms with van der Waals surface area (Å²) in [6.07, 6.45) is 0.948. The molecule has 1 aromatic carbocycles. The standard InChI is InChI=1S/C17H20N2O2/c1-4-13-7-5-6-8-14(13)10-18-16-15(17(20)21)11(2)9-12(3)19-16/h5-9H,4,10H2,1-3H3,(H,18,19)(H,20,21). The van der Waals surface area contributed by atoms with Crippen molar-refractivity contribution in [3.8, 4) is 0 Å². The molecule has 1 aromatic heterocycles. The highest BCUT2D eigenvalue weighted by Crippen LogP contribution is 2.20. The largest absolute Gasteiger partial charge is 0.478 e. The zero-order valence-electron chi connectivity index (χ0n) is 12.6. The van der Waals surface area contributed by atoms with E-state index in [1.54, 1.807) is 13.0 Å². The average molecular weight is 284 g/mol. The fourth-order valence-corrected chi connectivity index (χ4v) is 2.49. The molecule has 0 aliphatic carbocycles. The summed E-state index contributed by atoms with van der Waals surface area (Å²) in [4.78, 5) is 15.7. The normalized spacial score (nSPS) is 10.4. The second-order valence-electron chi connectivity index (χ2n) is 5.09. The van der Waals surface area contributed by atoms with Crippen LogP contribution in [0, 0.1) is 13.8 Å². The lowest BCUT2D eigenvalue weighted by Crippen LogP contribution is -2.11. The summed E-state index contributed by atoms with van der Waals surface area (Å²) in [6.45, 7) is 6.34. The van der Waals surface area contributed by atoms with Gasteiger partial charge < -0.3 is 10.4 Å². The smallest absolute Gasteiger partial charge is 0.339 e. The van der Waals surface area contributed by atoms with Gasteiger partial charge in [-0.15, -0.1) is 0 Å². The summed E-state index contributed by atoms with van der Waals surface area (Å²) < 4.78 is 0. The Labute approximate surface area is 124 Å². The molecule has 0 bridgehead atoms. The van der Waals surface area contributed by atoms with Gasteiger partial charge in [-0.3, -0.25) is 0 Å². The fourth-order valence-electron chi connectivity index (χ4n) is 2.49. The van der Waals surface area contributed by atoms with E-state index in [9.17, 15) is 9.90 Å². The van der Waals surface area contributed by atoms with Gasteiger partial charge in [0.2, 0.25) is 0 Å². The van der Waals surface area contributed by atoms with Crippen LogP contribution >= 0.6 is 0 Å². The maximum absolute atomic E-state index is 11.4. The lowest BCUT2D eigenvalue weighted by molar-refractivity contribution is 0.0697. The van der Waals surface area contributed by atoms with Gasteiger partial charge in [0.15, 0.2) is 0 Å². The molecule has 2 rings (SSSR count). The summed E-state index contributed by atoms with van der Waals surface area (Å²) in [6, 6.07) is 9.93. The zero-order chi connectivity index (χ0) is 15.4. The summed E-state index contributed by atoms with van der Waals surface area (Å²) >= 11 is 0. The molecule has 0 unspecified atom stereocenters. The van der Waals surface area contributed by atoms with E-state index in [2.05, 4.69) is 29.4 Å². The molecule has 0 aliphatic heterocycles. The van der Waals surface area contributed by atoms with Crippen LogP contribution in [0.3, 0.4) is 0 Å². The number of aromatic nitrogens is 1. The Kier molecular flexibility index (Phi) is 4.58. The molecule has 4 nitrogen and oxygen atoms in total. The highest BCUT2D eigenvalue weighted by Gasteiger charge is 2.15. The minimum Gasteiger partial charge on any atom is -0.478 e. The number of carboxylic acids is 1. The maximum Gasteiger partial charge on any atom is 0.339 e. The lowest BCUT2D eigenvalue weighted by atomic mass is 10.0. The van der Waals surface area contributed by atoms with E-state index in [1.165, 1.54) is 5.56 Å². The predicted molar refractivity (Wildman–Crippen MR) is 83.8 cm³/mol. The van der Waals surface area contributed by atoms with E-state index in [0.717, 1.165) is 23.2 Å². The van der Waals surface area contributed by atoms with Crippen LogP contribution in [-0.2, 0) is 13.0 Å². The first kappa shape index (κ1) is 15.0. The Balaban J connectivity index is 2.30. The van der Waals surface area contributed by atoms with Crippen LogP contribution in [0.25, 0.3) is 0 Å². The molecule has 2 aromatic rings. The van der Waals surface area contributed by atoms with Crippen LogP contribution in [0.1, 0.15) is 39.7 Å². The van der Waals surface area contributed by atoms with Crippen LogP contribution in [-0.4, -0.2) is 16.1 Å². The Morgan fingerprint density at radius 3 is 2.52 bits per heavy atom. The number of anilines is 1. The molecular weight excluding hydrogens is 264 g/mol. The molecule has 0 radical (unpaired) electrons. The van der Waals surface area contributed by atoms with Crippen molar-refractivity contribution >= 4 is 11.8 Å². The number of carbonyl (C=O) groups is 1. The number of pyridine rings is 1. The topological polar surface area (TPSA) is 62.2 Å². The van der Waals surface area contributed by atoms with Gasteiger partial charge in [-0.05, 0) is 43.0 Å². The number of benzene rings is 1. The molecule has 0 aliphatic rings. The van der Waals surface area contributed by atoms with Gasteiger partial charge in [0.1, 0.15) is 11.4 Å². The Morgan fingerprint density at radius 2 is 1.90 bits per heavy atom.